The summed E-state index contributed by atoms with van der Waals surface area (Å²) in [6, 6.07) is 6.66. The van der Waals surface area contributed by atoms with Gasteiger partial charge in [-0.05, 0) is 56.3 Å². The monoisotopic (exact) mass is 714 g/mol. The number of carbonyl (C=O) groups excluding carboxylic acids is 3. The summed E-state index contributed by atoms with van der Waals surface area (Å²) in [4.78, 5) is 54.8. The summed E-state index contributed by atoms with van der Waals surface area (Å²) in [5.41, 5.74) is -0.570. The molecule has 0 bridgehead atoms. The van der Waals surface area contributed by atoms with Crippen LogP contribution in [0.5, 0.6) is 5.75 Å². The second kappa shape index (κ2) is 15.7. The lowest BCUT2D eigenvalue weighted by Gasteiger charge is -2.40. The van der Waals surface area contributed by atoms with E-state index in [1.807, 2.05) is 0 Å². The number of hydrogen-bond acceptors (Lipinski definition) is 8. The number of carboxylic acid groups (broad SMARTS) is 1. The van der Waals surface area contributed by atoms with E-state index in [1.54, 1.807) is 9.80 Å². The number of alkyl halides is 2. The highest BCUT2D eigenvalue weighted by Gasteiger charge is 2.41. The Labute approximate surface area is 282 Å². The summed E-state index contributed by atoms with van der Waals surface area (Å²) < 4.78 is 45.0. The van der Waals surface area contributed by atoms with Crippen molar-refractivity contribution in [3.05, 3.63) is 63.8 Å². The molecule has 18 heteroatoms. The Kier molecular flexibility index (Phi) is 11.9. The summed E-state index contributed by atoms with van der Waals surface area (Å²) in [6.45, 7) is -1.26. The molecule has 48 heavy (non-hydrogen) atoms. The van der Waals surface area contributed by atoms with E-state index in [0.29, 0.717) is 25.9 Å². The van der Waals surface area contributed by atoms with Gasteiger partial charge in [-0.2, -0.15) is 8.78 Å². The molecule has 5 rings (SSSR count). The van der Waals surface area contributed by atoms with E-state index in [2.05, 4.69) is 20.4 Å². The Bertz CT molecular complexity index is 1680. The molecule has 4 N–H and O–H groups in total. The van der Waals surface area contributed by atoms with Crippen molar-refractivity contribution in [3.8, 4) is 17.0 Å². The van der Waals surface area contributed by atoms with Crippen molar-refractivity contribution in [2.75, 3.05) is 44.6 Å². The van der Waals surface area contributed by atoms with Crippen LogP contribution in [0, 0.1) is 5.82 Å². The number of hydrogen-bond donors (Lipinski definition) is 4. The maximum absolute atomic E-state index is 14.5. The van der Waals surface area contributed by atoms with Crippen molar-refractivity contribution in [3.63, 3.8) is 0 Å². The number of piperidine rings is 1. The van der Waals surface area contributed by atoms with Gasteiger partial charge in [0, 0.05) is 44.5 Å². The Morgan fingerprint density at radius 1 is 1.08 bits per heavy atom. The van der Waals surface area contributed by atoms with Crippen LogP contribution in [-0.4, -0.2) is 105 Å². The smallest absolute Gasteiger partial charge is 0.387 e. The first-order chi connectivity index (χ1) is 22.8. The van der Waals surface area contributed by atoms with Gasteiger partial charge in [0.25, 0.3) is 24.2 Å². The van der Waals surface area contributed by atoms with Crippen LogP contribution in [-0.2, 0) is 16.6 Å². The molecule has 0 aliphatic carbocycles. The fraction of sp³-hybridized carbons (Fsp3) is 0.367. The number of benzene rings is 2. The van der Waals surface area contributed by atoms with E-state index in [4.69, 9.17) is 33.1 Å². The van der Waals surface area contributed by atoms with Gasteiger partial charge in [0.2, 0.25) is 0 Å². The summed E-state index contributed by atoms with van der Waals surface area (Å²) in [7, 11) is 1.49. The first-order valence-electron chi connectivity index (χ1n) is 14.5. The molecule has 0 radical (unpaired) electrons. The molecule has 2 aliphatic rings. The number of aliphatic hydroxyl groups is 1. The molecule has 2 fully saturated rings. The summed E-state index contributed by atoms with van der Waals surface area (Å²) in [5, 5.41) is 23.0. The zero-order valence-electron chi connectivity index (χ0n) is 25.4. The maximum Gasteiger partial charge on any atom is 0.387 e. The first kappa shape index (κ1) is 36.5. The van der Waals surface area contributed by atoms with Gasteiger partial charge in [0.05, 0.1) is 27.5 Å². The van der Waals surface area contributed by atoms with Crippen molar-refractivity contribution >= 4 is 53.1 Å². The number of nitrogens with zero attached hydrogens (tertiary/aromatic N) is 4. The summed E-state index contributed by atoms with van der Waals surface area (Å²) >= 11 is 12.5. The predicted molar refractivity (Wildman–Crippen MR) is 168 cm³/mol. The lowest BCUT2D eigenvalue weighted by molar-refractivity contribution is -0.155. The lowest BCUT2D eigenvalue weighted by atomic mass is 9.90. The minimum atomic E-state index is -3.23. The number of aromatic nitrogens is 2. The average Bonchev–Trinajstić information content (AvgIpc) is 3.44. The van der Waals surface area contributed by atoms with Gasteiger partial charge in [0.1, 0.15) is 5.60 Å². The van der Waals surface area contributed by atoms with Gasteiger partial charge in [-0.3, -0.25) is 19.2 Å². The van der Waals surface area contributed by atoms with Crippen molar-refractivity contribution < 1.29 is 47.3 Å². The molecule has 2 saturated heterocycles. The van der Waals surface area contributed by atoms with E-state index >= 15 is 0 Å². The highest BCUT2D eigenvalue weighted by Crippen LogP contribution is 2.35. The zero-order valence-corrected chi connectivity index (χ0v) is 26.9. The van der Waals surface area contributed by atoms with Crippen molar-refractivity contribution in [1.29, 1.82) is 0 Å². The molecule has 0 saturated carbocycles. The molecule has 3 aromatic rings. The second-order valence-electron chi connectivity index (χ2n) is 10.8. The van der Waals surface area contributed by atoms with Crippen LogP contribution in [0.1, 0.15) is 33.8 Å². The van der Waals surface area contributed by atoms with Crippen LogP contribution in [0.3, 0.4) is 0 Å². The van der Waals surface area contributed by atoms with E-state index in [-0.39, 0.29) is 77.8 Å². The number of carbonyl (C=O) groups is 4. The molecule has 1 aromatic heterocycles. The maximum atomic E-state index is 14.5. The van der Waals surface area contributed by atoms with Crippen molar-refractivity contribution in [2.24, 2.45) is 7.05 Å². The van der Waals surface area contributed by atoms with Gasteiger partial charge >= 0.3 is 6.61 Å². The fourth-order valence-corrected chi connectivity index (χ4v) is 5.89. The standard InChI is InChI=1S/C29H29Cl2F3N6O5.CH2O2/c1-38-20(18-4-5-21(45-28(33)34)23(32)22(18)31)15-36-24(38)25(41)37-16-2-3-17(19(30)14-16)26(42)39-10-12-40(13-11-39)27(43)29(44)6-8-35-9-7-29;2-1-3/h2-5,14-15,28,35,44H,6-13H2,1H3,(H,37,41);1H,(H,2,3). The Morgan fingerprint density at radius 2 is 1.71 bits per heavy atom. The van der Waals surface area contributed by atoms with E-state index in [0.717, 1.165) is 6.07 Å². The highest BCUT2D eigenvalue weighted by molar-refractivity contribution is 6.34. The summed E-state index contributed by atoms with van der Waals surface area (Å²) in [5.74, 6) is -3.29. The molecule has 2 aliphatic heterocycles. The highest BCUT2D eigenvalue weighted by atomic mass is 35.5. The van der Waals surface area contributed by atoms with Crippen molar-refractivity contribution in [2.45, 2.75) is 25.1 Å². The number of imidazole rings is 1. The molecule has 258 valence electrons. The lowest BCUT2D eigenvalue weighted by Crippen LogP contribution is -2.59. The normalized spacial score (nSPS) is 15.8. The Morgan fingerprint density at radius 3 is 2.31 bits per heavy atom. The Hall–Kier alpha value is -4.38. The molecule has 0 atom stereocenters. The fourth-order valence-electron chi connectivity index (χ4n) is 5.37. The third-order valence-electron chi connectivity index (χ3n) is 7.87. The summed E-state index contributed by atoms with van der Waals surface area (Å²) in [6.07, 6.45) is 1.96. The molecule has 3 heterocycles. The number of nitrogens with one attached hydrogen (secondary N) is 2. The average molecular weight is 716 g/mol. The van der Waals surface area contributed by atoms with E-state index < -0.39 is 34.7 Å². The number of ether oxygens (including phenoxy) is 1. The van der Waals surface area contributed by atoms with Crippen LogP contribution in [0.15, 0.2) is 36.5 Å². The second-order valence-corrected chi connectivity index (χ2v) is 11.5. The molecule has 2 aromatic carbocycles. The quantitative estimate of drug-likeness (QED) is 0.268. The van der Waals surface area contributed by atoms with Gasteiger partial charge in [0.15, 0.2) is 17.4 Å². The van der Waals surface area contributed by atoms with E-state index in [1.165, 1.54) is 42.1 Å². The van der Waals surface area contributed by atoms with Crippen LogP contribution >= 0.6 is 23.2 Å². The number of anilines is 1. The van der Waals surface area contributed by atoms with Crippen molar-refractivity contribution in [1.82, 2.24) is 24.7 Å². The third kappa shape index (κ3) is 8.01. The molecule has 0 unspecified atom stereocenters. The minimum absolute atomic E-state index is 0.0766. The molecule has 0 spiro atoms. The number of halogens is 5. The van der Waals surface area contributed by atoms with Gasteiger partial charge in [-0.15, -0.1) is 0 Å². The first-order valence-corrected chi connectivity index (χ1v) is 15.2. The number of rotatable bonds is 7. The molecular weight excluding hydrogens is 684 g/mol. The molecule has 3 amide bonds. The van der Waals surface area contributed by atoms with Crippen LogP contribution in [0.4, 0.5) is 18.9 Å². The predicted octanol–water partition coefficient (Wildman–Crippen LogP) is 3.49. The number of piperazine rings is 1. The molecule has 13 nitrogen and oxygen atoms in total. The van der Waals surface area contributed by atoms with E-state index in [9.17, 15) is 32.7 Å². The van der Waals surface area contributed by atoms with Crippen LogP contribution < -0.4 is 15.4 Å². The van der Waals surface area contributed by atoms with Crippen LogP contribution in [0.2, 0.25) is 10.0 Å². The number of amides is 3. The third-order valence-corrected chi connectivity index (χ3v) is 8.55. The van der Waals surface area contributed by atoms with Crippen LogP contribution in [0.25, 0.3) is 11.3 Å². The molecular formula is C30H31Cl2F3N6O7. The SMILES string of the molecule is Cn1c(-c2ccc(OC(F)F)c(F)c2Cl)cnc1C(=O)Nc1ccc(C(=O)N2CCN(C(=O)C3(O)CCNCC3)CC2)c(Cl)c1.O=CO. The topological polar surface area (TPSA) is 166 Å². The van der Waals surface area contributed by atoms with Gasteiger partial charge in [-0.25, -0.2) is 9.37 Å². The Balaban J connectivity index is 0.00000167. The van der Waals surface area contributed by atoms with Gasteiger partial charge in [-0.1, -0.05) is 23.2 Å². The largest absolute Gasteiger partial charge is 0.483 e. The minimum Gasteiger partial charge on any atom is -0.483 e. The van der Waals surface area contributed by atoms with Gasteiger partial charge < -0.3 is 40.0 Å². The zero-order chi connectivity index (χ0) is 35.2.